The minimum absolute atomic E-state index is 0.248. The van der Waals surface area contributed by atoms with Crippen LogP contribution in [-0.4, -0.2) is 20.2 Å². The highest BCUT2D eigenvalue weighted by Gasteiger charge is 2.07. The summed E-state index contributed by atoms with van der Waals surface area (Å²) < 4.78 is 15.5. The predicted octanol–water partition coefficient (Wildman–Crippen LogP) is 4.63. The lowest BCUT2D eigenvalue weighted by Crippen LogP contribution is -2.04. The molecule has 0 radical (unpaired) electrons. The SMILES string of the molecule is COc1ccc(/C=C/C(=O)Oc2ccc(Cl)cc2Cl)cc1OC. The van der Waals surface area contributed by atoms with E-state index in [2.05, 4.69) is 0 Å². The van der Waals surface area contributed by atoms with Crippen LogP contribution in [0.1, 0.15) is 5.56 Å². The number of methoxy groups -OCH3 is 2. The highest BCUT2D eigenvalue weighted by Crippen LogP contribution is 2.29. The van der Waals surface area contributed by atoms with Crippen molar-refractivity contribution < 1.29 is 19.0 Å². The Hall–Kier alpha value is -2.17. The lowest BCUT2D eigenvalue weighted by Gasteiger charge is -2.07. The van der Waals surface area contributed by atoms with E-state index in [0.717, 1.165) is 5.56 Å². The third-order valence-corrected chi connectivity index (χ3v) is 3.45. The molecule has 0 heterocycles. The van der Waals surface area contributed by atoms with E-state index in [0.29, 0.717) is 16.5 Å². The number of carbonyl (C=O) groups excluding carboxylic acids is 1. The summed E-state index contributed by atoms with van der Waals surface area (Å²) in [7, 11) is 3.10. The van der Waals surface area contributed by atoms with Crippen LogP contribution in [0.25, 0.3) is 6.08 Å². The first-order valence-corrected chi connectivity index (χ1v) is 7.36. The van der Waals surface area contributed by atoms with Crippen LogP contribution in [0.5, 0.6) is 17.2 Å². The highest BCUT2D eigenvalue weighted by molar-refractivity contribution is 6.35. The van der Waals surface area contributed by atoms with Crippen molar-refractivity contribution in [2.45, 2.75) is 0 Å². The predicted molar refractivity (Wildman–Crippen MR) is 90.7 cm³/mol. The lowest BCUT2D eigenvalue weighted by molar-refractivity contribution is -0.128. The van der Waals surface area contributed by atoms with Gasteiger partial charge in [-0.05, 0) is 42.0 Å². The summed E-state index contributed by atoms with van der Waals surface area (Å²) >= 11 is 11.7. The van der Waals surface area contributed by atoms with Crippen LogP contribution in [-0.2, 0) is 4.79 Å². The second kappa shape index (κ2) is 7.90. The fraction of sp³-hybridized carbons (Fsp3) is 0.118. The standard InChI is InChI=1S/C17H14Cl2O4/c1-21-15-6-3-11(9-16(15)22-2)4-8-17(20)23-14-7-5-12(18)10-13(14)19/h3-10H,1-2H3/b8-4+. The van der Waals surface area contributed by atoms with Gasteiger partial charge in [0.1, 0.15) is 5.75 Å². The normalized spacial score (nSPS) is 10.6. The van der Waals surface area contributed by atoms with Gasteiger partial charge in [-0.1, -0.05) is 29.3 Å². The number of rotatable bonds is 5. The molecular weight excluding hydrogens is 339 g/mol. The minimum Gasteiger partial charge on any atom is -0.493 e. The number of esters is 1. The van der Waals surface area contributed by atoms with Crippen LogP contribution in [0.15, 0.2) is 42.5 Å². The number of hydrogen-bond donors (Lipinski definition) is 0. The molecular formula is C17H14Cl2O4. The topological polar surface area (TPSA) is 44.8 Å². The van der Waals surface area contributed by atoms with Gasteiger partial charge in [-0.3, -0.25) is 0 Å². The van der Waals surface area contributed by atoms with Crippen molar-refractivity contribution in [3.63, 3.8) is 0 Å². The van der Waals surface area contributed by atoms with Gasteiger partial charge in [0.15, 0.2) is 11.5 Å². The van der Waals surface area contributed by atoms with Gasteiger partial charge in [0.2, 0.25) is 0 Å². The highest BCUT2D eigenvalue weighted by atomic mass is 35.5. The number of halogens is 2. The molecule has 0 unspecified atom stereocenters. The molecule has 0 saturated heterocycles. The zero-order valence-corrected chi connectivity index (χ0v) is 14.0. The molecule has 0 atom stereocenters. The summed E-state index contributed by atoms with van der Waals surface area (Å²) in [5.74, 6) is 0.881. The van der Waals surface area contributed by atoms with Gasteiger partial charge in [-0.25, -0.2) is 4.79 Å². The van der Waals surface area contributed by atoms with Crippen molar-refractivity contribution in [1.82, 2.24) is 0 Å². The zero-order valence-electron chi connectivity index (χ0n) is 12.5. The van der Waals surface area contributed by atoms with E-state index in [9.17, 15) is 4.79 Å². The van der Waals surface area contributed by atoms with Gasteiger partial charge >= 0.3 is 5.97 Å². The molecule has 0 amide bonds. The lowest BCUT2D eigenvalue weighted by atomic mass is 10.2. The van der Waals surface area contributed by atoms with E-state index >= 15 is 0 Å². The van der Waals surface area contributed by atoms with Crippen LogP contribution < -0.4 is 14.2 Å². The van der Waals surface area contributed by atoms with Crippen molar-refractivity contribution >= 4 is 35.2 Å². The summed E-state index contributed by atoms with van der Waals surface area (Å²) in [5, 5.41) is 0.737. The molecule has 6 heteroatoms. The molecule has 4 nitrogen and oxygen atoms in total. The molecule has 0 aliphatic rings. The Balaban J connectivity index is 2.09. The molecule has 0 aliphatic carbocycles. The van der Waals surface area contributed by atoms with Gasteiger partial charge < -0.3 is 14.2 Å². The van der Waals surface area contributed by atoms with Crippen molar-refractivity contribution in [3.8, 4) is 17.2 Å². The third-order valence-electron chi connectivity index (χ3n) is 2.92. The molecule has 0 fully saturated rings. The fourth-order valence-corrected chi connectivity index (χ4v) is 2.27. The first-order chi connectivity index (χ1) is 11.0. The van der Waals surface area contributed by atoms with E-state index in [1.165, 1.54) is 18.2 Å². The first kappa shape index (κ1) is 17.2. The number of carbonyl (C=O) groups is 1. The quantitative estimate of drug-likeness (QED) is 0.447. The monoisotopic (exact) mass is 352 g/mol. The van der Waals surface area contributed by atoms with E-state index < -0.39 is 5.97 Å². The Morgan fingerprint density at radius 2 is 1.65 bits per heavy atom. The van der Waals surface area contributed by atoms with Gasteiger partial charge in [0.25, 0.3) is 0 Å². The van der Waals surface area contributed by atoms with E-state index in [-0.39, 0.29) is 10.8 Å². The molecule has 0 saturated carbocycles. The average Bonchev–Trinajstić information content (AvgIpc) is 2.55. The Morgan fingerprint density at radius 3 is 2.30 bits per heavy atom. The second-order valence-corrected chi connectivity index (χ2v) is 5.29. The molecule has 0 N–H and O–H groups in total. The summed E-state index contributed by atoms with van der Waals surface area (Å²) in [5.41, 5.74) is 0.766. The maximum atomic E-state index is 11.8. The Kier molecular flexibility index (Phi) is 5.90. The molecule has 0 spiro atoms. The van der Waals surface area contributed by atoms with Crippen LogP contribution >= 0.6 is 23.2 Å². The summed E-state index contributed by atoms with van der Waals surface area (Å²) in [6.45, 7) is 0. The second-order valence-electron chi connectivity index (χ2n) is 4.44. The van der Waals surface area contributed by atoms with Crippen LogP contribution in [0.2, 0.25) is 10.0 Å². The molecule has 120 valence electrons. The fourth-order valence-electron chi connectivity index (χ4n) is 1.82. The zero-order chi connectivity index (χ0) is 16.8. The molecule has 23 heavy (non-hydrogen) atoms. The van der Waals surface area contributed by atoms with Gasteiger partial charge in [-0.2, -0.15) is 0 Å². The third kappa shape index (κ3) is 4.65. The smallest absolute Gasteiger partial charge is 0.336 e. The van der Waals surface area contributed by atoms with Crippen molar-refractivity contribution in [2.24, 2.45) is 0 Å². The van der Waals surface area contributed by atoms with E-state index in [1.54, 1.807) is 44.6 Å². The van der Waals surface area contributed by atoms with Gasteiger partial charge in [-0.15, -0.1) is 0 Å². The molecule has 2 rings (SSSR count). The Bertz CT molecular complexity index is 741. The minimum atomic E-state index is -0.552. The van der Waals surface area contributed by atoms with Crippen molar-refractivity contribution in [2.75, 3.05) is 14.2 Å². The van der Waals surface area contributed by atoms with Crippen LogP contribution in [0.4, 0.5) is 0 Å². The molecule has 2 aromatic rings. The maximum Gasteiger partial charge on any atom is 0.336 e. The van der Waals surface area contributed by atoms with E-state index in [4.69, 9.17) is 37.4 Å². The number of hydrogen-bond acceptors (Lipinski definition) is 4. The molecule has 0 aliphatic heterocycles. The molecule has 0 aromatic heterocycles. The first-order valence-electron chi connectivity index (χ1n) is 6.60. The van der Waals surface area contributed by atoms with Gasteiger partial charge in [0.05, 0.1) is 19.2 Å². The largest absolute Gasteiger partial charge is 0.493 e. The summed E-state index contributed by atoms with van der Waals surface area (Å²) in [6.07, 6.45) is 2.90. The van der Waals surface area contributed by atoms with Crippen molar-refractivity contribution in [1.29, 1.82) is 0 Å². The summed E-state index contributed by atoms with van der Waals surface area (Å²) in [6, 6.07) is 9.92. The van der Waals surface area contributed by atoms with Crippen LogP contribution in [0.3, 0.4) is 0 Å². The number of benzene rings is 2. The average molecular weight is 353 g/mol. The van der Waals surface area contributed by atoms with Crippen molar-refractivity contribution in [3.05, 3.63) is 58.1 Å². The Morgan fingerprint density at radius 1 is 0.957 bits per heavy atom. The Labute approximate surface area is 144 Å². The maximum absolute atomic E-state index is 11.8. The van der Waals surface area contributed by atoms with Gasteiger partial charge in [0, 0.05) is 11.1 Å². The van der Waals surface area contributed by atoms with Crippen LogP contribution in [0, 0.1) is 0 Å². The number of ether oxygens (including phenoxy) is 3. The molecule has 0 bridgehead atoms. The molecule has 2 aromatic carbocycles. The van der Waals surface area contributed by atoms with E-state index in [1.807, 2.05) is 0 Å². The summed E-state index contributed by atoms with van der Waals surface area (Å²) in [4.78, 5) is 11.8.